The van der Waals surface area contributed by atoms with Gasteiger partial charge in [-0.15, -0.1) is 0 Å². The van der Waals surface area contributed by atoms with Crippen molar-refractivity contribution in [2.45, 2.75) is 149 Å². The zero-order valence-corrected chi connectivity index (χ0v) is 35.2. The van der Waals surface area contributed by atoms with Gasteiger partial charge in [0.15, 0.2) is 0 Å². The topological polar surface area (TPSA) is 36.4 Å². The van der Waals surface area contributed by atoms with Gasteiger partial charge in [0.2, 0.25) is 0 Å². The number of rotatable bonds is 26. The summed E-state index contributed by atoms with van der Waals surface area (Å²) in [5.74, 6) is 0. The van der Waals surface area contributed by atoms with E-state index >= 15 is 0 Å². The molecule has 0 aliphatic carbocycles. The summed E-state index contributed by atoms with van der Waals surface area (Å²) in [6, 6.07) is 18.0. The highest BCUT2D eigenvalue weighted by Gasteiger charge is 2.30. The maximum absolute atomic E-state index is 5.10. The van der Waals surface area contributed by atoms with Crippen LogP contribution in [0.2, 0.25) is 0 Å². The average molecular weight is 728 g/mol. The Morgan fingerprint density at radius 1 is 0.630 bits per heavy atom. The van der Waals surface area contributed by atoms with Gasteiger partial charge in [-0.1, -0.05) is 144 Å². The molecule has 3 rings (SSSR count). The molecule has 0 atom stereocenters. The van der Waals surface area contributed by atoms with E-state index in [4.69, 9.17) is 4.99 Å². The number of hydrogen-bond acceptors (Lipinski definition) is 3. The van der Waals surface area contributed by atoms with Crippen LogP contribution in [-0.4, -0.2) is 23.3 Å². The van der Waals surface area contributed by atoms with E-state index in [2.05, 4.69) is 169 Å². The second-order valence-corrected chi connectivity index (χ2v) is 16.3. The van der Waals surface area contributed by atoms with E-state index in [1.165, 1.54) is 59.1 Å². The lowest BCUT2D eigenvalue weighted by Crippen LogP contribution is -2.50. The predicted molar refractivity (Wildman–Crippen MR) is 240 cm³/mol. The van der Waals surface area contributed by atoms with Crippen LogP contribution in [0.5, 0.6) is 0 Å². The summed E-state index contributed by atoms with van der Waals surface area (Å²) in [7, 11) is 0. The van der Waals surface area contributed by atoms with Crippen LogP contribution in [0.4, 0.5) is 0 Å². The molecule has 0 unspecified atom stereocenters. The Labute approximate surface area is 331 Å². The van der Waals surface area contributed by atoms with Crippen molar-refractivity contribution in [3.63, 3.8) is 0 Å². The molecular weight excluding hydrogens is 655 g/mol. The molecule has 2 N–H and O–H groups in total. The van der Waals surface area contributed by atoms with Gasteiger partial charge < -0.3 is 10.6 Å². The summed E-state index contributed by atoms with van der Waals surface area (Å²) < 4.78 is 0. The lowest BCUT2D eigenvalue weighted by molar-refractivity contribution is 0.274. The number of nitrogens with one attached hydrogen (secondary N) is 2. The fourth-order valence-corrected chi connectivity index (χ4v) is 7.54. The maximum Gasteiger partial charge on any atom is 0.0729 e. The molecular formula is C51H73N3. The molecule has 0 saturated carbocycles. The smallest absolute Gasteiger partial charge is 0.0729 e. The maximum atomic E-state index is 5.10. The monoisotopic (exact) mass is 728 g/mol. The molecule has 2 aromatic rings. The lowest BCUT2D eigenvalue weighted by Gasteiger charge is -2.38. The Bertz CT molecular complexity index is 1620. The summed E-state index contributed by atoms with van der Waals surface area (Å²) in [5, 5.41) is 7.55. The van der Waals surface area contributed by atoms with E-state index in [1.807, 2.05) is 0 Å². The molecule has 3 heteroatoms. The molecule has 54 heavy (non-hydrogen) atoms. The first kappa shape index (κ1) is 44.3. The van der Waals surface area contributed by atoms with Crippen LogP contribution in [0.1, 0.15) is 148 Å². The van der Waals surface area contributed by atoms with Crippen molar-refractivity contribution in [2.24, 2.45) is 4.99 Å². The Morgan fingerprint density at radius 2 is 1.11 bits per heavy atom. The van der Waals surface area contributed by atoms with Crippen LogP contribution in [-0.2, 0) is 12.8 Å². The Morgan fingerprint density at radius 3 is 1.63 bits per heavy atom. The predicted octanol–water partition coefficient (Wildman–Crippen LogP) is 13.8. The Balaban J connectivity index is 1.44. The van der Waals surface area contributed by atoms with Gasteiger partial charge in [-0.3, -0.25) is 4.99 Å². The van der Waals surface area contributed by atoms with Gasteiger partial charge in [0, 0.05) is 40.0 Å². The van der Waals surface area contributed by atoms with Crippen molar-refractivity contribution < 1.29 is 0 Å². The minimum atomic E-state index is -0.160. The molecule has 292 valence electrons. The SMILES string of the molecule is C=C(CCC/C=C\C/C=C\C/C=C\C/C=C\CCCCC)NC(C)(C)CC(C)(C)NC(=C)CC1=C(c2ccc(CC)cc2)C(c2ccc(CC)cc2)=NC1. The van der Waals surface area contributed by atoms with Gasteiger partial charge >= 0.3 is 0 Å². The fourth-order valence-electron chi connectivity index (χ4n) is 7.54. The third-order valence-corrected chi connectivity index (χ3v) is 9.95. The van der Waals surface area contributed by atoms with Crippen LogP contribution in [0, 0.1) is 0 Å². The van der Waals surface area contributed by atoms with Crippen molar-refractivity contribution in [1.29, 1.82) is 0 Å². The summed E-state index contributed by atoms with van der Waals surface area (Å²) >= 11 is 0. The number of benzene rings is 2. The van der Waals surface area contributed by atoms with Gasteiger partial charge in [-0.25, -0.2) is 0 Å². The third-order valence-electron chi connectivity index (χ3n) is 9.95. The van der Waals surface area contributed by atoms with Crippen molar-refractivity contribution >= 4 is 11.3 Å². The highest BCUT2D eigenvalue weighted by atomic mass is 15.0. The molecule has 0 amide bonds. The van der Waals surface area contributed by atoms with Crippen molar-refractivity contribution in [3.05, 3.63) is 150 Å². The van der Waals surface area contributed by atoms with Crippen LogP contribution < -0.4 is 10.6 Å². The number of aryl methyl sites for hydroxylation is 2. The van der Waals surface area contributed by atoms with Gasteiger partial charge in [0.1, 0.15) is 0 Å². The quantitative estimate of drug-likeness (QED) is 0.0748. The minimum Gasteiger partial charge on any atom is -0.384 e. The van der Waals surface area contributed by atoms with Crippen LogP contribution in [0.25, 0.3) is 5.57 Å². The van der Waals surface area contributed by atoms with Gasteiger partial charge in [0.25, 0.3) is 0 Å². The fraction of sp³-hybridized carbons (Fsp3) is 0.471. The summed E-state index contributed by atoms with van der Waals surface area (Å²) in [4.78, 5) is 5.10. The van der Waals surface area contributed by atoms with Crippen molar-refractivity contribution in [3.8, 4) is 0 Å². The standard InChI is InChI=1S/C51H73N3/c1-10-13-14-15-16-17-18-19-20-21-22-23-24-25-26-27-28-29-41(4)53-50(6,7)40-51(8,9)54-42(5)38-47-39-52-49(46-36-32-44(12-3)33-37-46)48(47)45-34-30-43(11-2)31-35-45/h16-17,19-20,22-23,25-26,30-37,53-54H,4-5,10-15,18,21,24,27-29,38-40H2,1-3,6-9H3/b17-16-,20-19-,23-22-,26-25-. The second kappa shape index (κ2) is 23.6. The minimum absolute atomic E-state index is 0.117. The lowest BCUT2D eigenvalue weighted by atomic mass is 9.85. The summed E-state index contributed by atoms with van der Waals surface area (Å²) in [6.45, 7) is 25.4. The van der Waals surface area contributed by atoms with Crippen molar-refractivity contribution in [2.75, 3.05) is 6.54 Å². The number of unbranched alkanes of at least 4 members (excludes halogenated alkanes) is 4. The molecule has 0 spiro atoms. The number of aliphatic imine (C=N–C) groups is 1. The highest BCUT2D eigenvalue weighted by molar-refractivity contribution is 6.34. The van der Waals surface area contributed by atoms with Gasteiger partial charge in [-0.2, -0.15) is 0 Å². The van der Waals surface area contributed by atoms with E-state index in [0.29, 0.717) is 6.54 Å². The van der Waals surface area contributed by atoms with Crippen LogP contribution in [0.15, 0.2) is 132 Å². The Kier molecular flexibility index (Phi) is 19.4. The molecule has 0 fully saturated rings. The zero-order valence-electron chi connectivity index (χ0n) is 35.2. The van der Waals surface area contributed by atoms with Gasteiger partial charge in [-0.05, 0) is 121 Å². The normalized spacial score (nSPS) is 13.9. The van der Waals surface area contributed by atoms with Crippen molar-refractivity contribution in [1.82, 2.24) is 10.6 Å². The first-order chi connectivity index (χ1) is 26.0. The highest BCUT2D eigenvalue weighted by Crippen LogP contribution is 2.33. The van der Waals surface area contributed by atoms with E-state index in [1.54, 1.807) is 0 Å². The van der Waals surface area contributed by atoms with E-state index < -0.39 is 0 Å². The second-order valence-electron chi connectivity index (χ2n) is 16.3. The van der Waals surface area contributed by atoms with Gasteiger partial charge in [0.05, 0.1) is 12.3 Å². The molecule has 0 bridgehead atoms. The molecule has 2 aromatic carbocycles. The molecule has 3 nitrogen and oxygen atoms in total. The zero-order chi connectivity index (χ0) is 39.2. The van der Waals surface area contributed by atoms with E-state index in [0.717, 1.165) is 81.3 Å². The average Bonchev–Trinajstić information content (AvgIpc) is 3.54. The largest absolute Gasteiger partial charge is 0.384 e. The van der Waals surface area contributed by atoms with E-state index in [9.17, 15) is 0 Å². The molecule has 0 radical (unpaired) electrons. The molecule has 1 heterocycles. The molecule has 1 aliphatic heterocycles. The number of nitrogens with zero attached hydrogens (tertiary/aromatic N) is 1. The first-order valence-electron chi connectivity index (χ1n) is 20.9. The molecule has 1 aliphatic rings. The molecule has 0 saturated heterocycles. The van der Waals surface area contributed by atoms with E-state index in [-0.39, 0.29) is 11.1 Å². The van der Waals surface area contributed by atoms with Crippen LogP contribution >= 0.6 is 0 Å². The Hall–Kier alpha value is -4.11. The third kappa shape index (κ3) is 16.5. The molecule has 0 aromatic heterocycles. The number of hydrogen-bond donors (Lipinski definition) is 2. The summed E-state index contributed by atoms with van der Waals surface area (Å²) in [5.41, 5.74) is 10.6. The first-order valence-corrected chi connectivity index (χ1v) is 20.9. The van der Waals surface area contributed by atoms with Crippen LogP contribution in [0.3, 0.4) is 0 Å². The number of allylic oxidation sites excluding steroid dienone is 11. The summed E-state index contributed by atoms with van der Waals surface area (Å²) in [6.07, 6.45) is 33.4.